The first-order chi connectivity index (χ1) is 17.2. The number of piperidine rings is 1. The second-order valence-corrected chi connectivity index (χ2v) is 9.15. The Labute approximate surface area is 211 Å². The topological polar surface area (TPSA) is 130 Å². The van der Waals surface area contributed by atoms with Crippen molar-refractivity contribution in [2.75, 3.05) is 26.2 Å². The molecule has 0 atom stereocenters. The van der Waals surface area contributed by atoms with Gasteiger partial charge in [0.25, 0.3) is 11.8 Å². The minimum absolute atomic E-state index is 0.00404. The summed E-state index contributed by atoms with van der Waals surface area (Å²) in [6.07, 6.45) is 3.69. The van der Waals surface area contributed by atoms with E-state index in [9.17, 15) is 23.2 Å². The number of hydrogen-bond donors (Lipinski definition) is 3. The number of rotatable bonds is 9. The molecular weight excluding hydrogens is 490 g/mol. The van der Waals surface area contributed by atoms with E-state index < -0.39 is 23.1 Å². The van der Waals surface area contributed by atoms with Crippen LogP contribution in [-0.4, -0.2) is 65.9 Å². The molecule has 1 aromatic heterocycles. The third-order valence-electron chi connectivity index (χ3n) is 5.59. The fourth-order valence-electron chi connectivity index (χ4n) is 3.56. The van der Waals surface area contributed by atoms with Crippen LogP contribution in [0.25, 0.3) is 0 Å². The first-order valence-corrected chi connectivity index (χ1v) is 12.3. The third kappa shape index (κ3) is 7.41. The largest absolute Gasteiger partial charge is 0.396 e. The van der Waals surface area contributed by atoms with E-state index in [4.69, 9.17) is 5.73 Å². The van der Waals surface area contributed by atoms with E-state index in [0.29, 0.717) is 43.5 Å². The zero-order valence-electron chi connectivity index (χ0n) is 19.7. The van der Waals surface area contributed by atoms with Gasteiger partial charge in [0.2, 0.25) is 0 Å². The summed E-state index contributed by atoms with van der Waals surface area (Å²) in [6, 6.07) is 8.19. The van der Waals surface area contributed by atoms with Gasteiger partial charge in [0, 0.05) is 56.8 Å². The zero-order valence-corrected chi connectivity index (χ0v) is 20.6. The fraction of sp³-hybridized carbons (Fsp3) is 0.375. The van der Waals surface area contributed by atoms with Crippen LogP contribution in [0.3, 0.4) is 0 Å². The van der Waals surface area contributed by atoms with Gasteiger partial charge in [-0.2, -0.15) is 0 Å². The Morgan fingerprint density at radius 1 is 1.19 bits per heavy atom. The Balaban J connectivity index is 1.47. The number of para-hydroxylation sites is 1. The summed E-state index contributed by atoms with van der Waals surface area (Å²) in [6.45, 7) is 1.51. The molecule has 4 N–H and O–H groups in total. The van der Waals surface area contributed by atoms with Gasteiger partial charge in [0.05, 0.1) is 17.0 Å². The Bertz CT molecular complexity index is 1110. The van der Waals surface area contributed by atoms with Crippen molar-refractivity contribution in [2.45, 2.75) is 25.7 Å². The van der Waals surface area contributed by atoms with Gasteiger partial charge in [0.1, 0.15) is 0 Å². The molecule has 0 saturated carbocycles. The van der Waals surface area contributed by atoms with Crippen molar-refractivity contribution in [2.24, 2.45) is 16.6 Å². The summed E-state index contributed by atoms with van der Waals surface area (Å²) in [5.41, 5.74) is 4.66. The molecule has 0 spiro atoms. The van der Waals surface area contributed by atoms with Crippen LogP contribution in [-0.2, 0) is 4.79 Å². The second kappa shape index (κ2) is 12.3. The molecule has 36 heavy (non-hydrogen) atoms. The summed E-state index contributed by atoms with van der Waals surface area (Å²) in [5.74, 6) is -4.41. The summed E-state index contributed by atoms with van der Waals surface area (Å²) >= 11 is 1.31. The van der Waals surface area contributed by atoms with Crippen molar-refractivity contribution in [3.05, 3.63) is 58.2 Å². The summed E-state index contributed by atoms with van der Waals surface area (Å²) < 4.78 is 27.6. The third-order valence-corrected chi connectivity index (χ3v) is 6.38. The number of aliphatic imine (C=N–C) groups is 1. The number of nitrogens with two attached hydrogens (primary N) is 1. The molecule has 0 unspecified atom stereocenters. The second-order valence-electron chi connectivity index (χ2n) is 8.26. The molecule has 1 fully saturated rings. The smallest absolute Gasteiger partial charge is 0.317 e. The first kappa shape index (κ1) is 26.9. The molecule has 2 heterocycles. The number of ketones is 1. The molecule has 1 aliphatic rings. The monoisotopic (exact) mass is 518 g/mol. The fourth-order valence-corrected chi connectivity index (χ4v) is 4.21. The molecule has 0 bridgehead atoms. The maximum Gasteiger partial charge on any atom is 0.317 e. The predicted molar refractivity (Wildman–Crippen MR) is 134 cm³/mol. The summed E-state index contributed by atoms with van der Waals surface area (Å²) in [5, 5.41) is 7.41. The maximum atomic E-state index is 13.8. The van der Waals surface area contributed by atoms with Gasteiger partial charge in [-0.05, 0) is 25.0 Å². The number of allylic oxidation sites excluding steroid dienone is 1. The number of aromatic nitrogens is 1. The van der Waals surface area contributed by atoms with Crippen molar-refractivity contribution >= 4 is 41.0 Å². The first-order valence-electron chi connectivity index (χ1n) is 11.4. The standard InChI is InChI=1S/C24H28F2N6O3S/c1-24(25,26)20(27)18(15-31-17-5-3-2-4-6-17)21(34)28-9-10-30-23(35)32-12-7-16(8-13-32)19(33)22-29-11-14-36-22/h2-6,11,14-16H,7-10,12-13,27H2,1H3,(H,28,34)(H,30,35). The number of alkyl halides is 2. The van der Waals surface area contributed by atoms with Crippen molar-refractivity contribution in [3.8, 4) is 0 Å². The Morgan fingerprint density at radius 3 is 2.47 bits per heavy atom. The van der Waals surface area contributed by atoms with Crippen LogP contribution in [0.5, 0.6) is 0 Å². The van der Waals surface area contributed by atoms with Crippen LogP contribution >= 0.6 is 11.3 Å². The highest BCUT2D eigenvalue weighted by molar-refractivity contribution is 7.11. The average Bonchev–Trinajstić information content (AvgIpc) is 3.41. The van der Waals surface area contributed by atoms with E-state index in [1.165, 1.54) is 11.3 Å². The van der Waals surface area contributed by atoms with E-state index >= 15 is 0 Å². The molecule has 3 amide bonds. The number of benzene rings is 1. The molecule has 2 aromatic rings. The van der Waals surface area contributed by atoms with Crippen LogP contribution in [0, 0.1) is 5.92 Å². The van der Waals surface area contributed by atoms with Crippen molar-refractivity contribution in [3.63, 3.8) is 0 Å². The van der Waals surface area contributed by atoms with Gasteiger partial charge in [0.15, 0.2) is 10.8 Å². The average molecular weight is 519 g/mol. The quantitative estimate of drug-likeness (QED) is 0.203. The number of thiazole rings is 1. The lowest BCUT2D eigenvalue weighted by Crippen LogP contribution is -2.47. The van der Waals surface area contributed by atoms with Gasteiger partial charge in [-0.15, -0.1) is 11.3 Å². The SMILES string of the molecule is CC(F)(F)C(N)=C(C=Nc1ccccc1)C(=O)NCCNC(=O)N1CCC(C(=O)c2nccs2)CC1. The van der Waals surface area contributed by atoms with Crippen LogP contribution in [0.2, 0.25) is 0 Å². The molecule has 1 aliphatic heterocycles. The Morgan fingerprint density at radius 2 is 1.86 bits per heavy atom. The normalized spacial score (nSPS) is 15.5. The zero-order chi connectivity index (χ0) is 26.1. The van der Waals surface area contributed by atoms with Gasteiger partial charge in [-0.3, -0.25) is 14.6 Å². The number of amides is 3. The number of carbonyl (C=O) groups is 3. The van der Waals surface area contributed by atoms with Crippen molar-refractivity contribution < 1.29 is 23.2 Å². The molecule has 1 saturated heterocycles. The van der Waals surface area contributed by atoms with Crippen LogP contribution < -0.4 is 16.4 Å². The van der Waals surface area contributed by atoms with Gasteiger partial charge in [-0.25, -0.2) is 18.6 Å². The van der Waals surface area contributed by atoms with E-state index in [1.807, 2.05) is 0 Å². The summed E-state index contributed by atoms with van der Waals surface area (Å²) in [4.78, 5) is 47.1. The van der Waals surface area contributed by atoms with Gasteiger partial charge >= 0.3 is 6.03 Å². The number of carbonyl (C=O) groups excluding carboxylic acids is 3. The van der Waals surface area contributed by atoms with Crippen molar-refractivity contribution in [1.29, 1.82) is 0 Å². The number of Topliss-reactive ketones (excluding diaryl/α,β-unsaturated/α-hetero) is 1. The van der Waals surface area contributed by atoms with Crippen LogP contribution in [0.15, 0.2) is 58.2 Å². The highest BCUT2D eigenvalue weighted by Gasteiger charge is 2.31. The van der Waals surface area contributed by atoms with E-state index in [1.54, 1.807) is 46.8 Å². The van der Waals surface area contributed by atoms with E-state index in [2.05, 4.69) is 20.6 Å². The number of halogens is 2. The molecule has 0 radical (unpaired) electrons. The number of nitrogens with zero attached hydrogens (tertiary/aromatic N) is 3. The minimum Gasteiger partial charge on any atom is -0.396 e. The van der Waals surface area contributed by atoms with Crippen LogP contribution in [0.4, 0.5) is 19.3 Å². The predicted octanol–water partition coefficient (Wildman–Crippen LogP) is 3.13. The number of nitrogens with one attached hydrogen (secondary N) is 2. The number of hydrogen-bond acceptors (Lipinski definition) is 7. The molecule has 0 aliphatic carbocycles. The highest BCUT2D eigenvalue weighted by atomic mass is 32.1. The number of likely N-dealkylation sites (tertiary alicyclic amines) is 1. The van der Waals surface area contributed by atoms with Crippen molar-refractivity contribution in [1.82, 2.24) is 20.5 Å². The number of urea groups is 1. The van der Waals surface area contributed by atoms with E-state index in [-0.39, 0.29) is 30.8 Å². The molecular formula is C24H28F2N6O3S. The molecule has 3 rings (SSSR count). The molecule has 192 valence electrons. The molecule has 12 heteroatoms. The maximum absolute atomic E-state index is 13.8. The minimum atomic E-state index is -3.42. The lowest BCUT2D eigenvalue weighted by atomic mass is 9.93. The van der Waals surface area contributed by atoms with E-state index in [0.717, 1.165) is 6.21 Å². The molecule has 1 aromatic carbocycles. The lowest BCUT2D eigenvalue weighted by molar-refractivity contribution is -0.117. The van der Waals surface area contributed by atoms with Gasteiger partial charge in [-0.1, -0.05) is 18.2 Å². The van der Waals surface area contributed by atoms with Gasteiger partial charge < -0.3 is 21.3 Å². The Kier molecular flexibility index (Phi) is 9.23. The molecule has 9 nitrogen and oxygen atoms in total. The summed E-state index contributed by atoms with van der Waals surface area (Å²) in [7, 11) is 0. The lowest BCUT2D eigenvalue weighted by Gasteiger charge is -2.31. The van der Waals surface area contributed by atoms with Crippen LogP contribution in [0.1, 0.15) is 29.6 Å². The highest BCUT2D eigenvalue weighted by Crippen LogP contribution is 2.23. The Hall–Kier alpha value is -3.67.